The van der Waals surface area contributed by atoms with E-state index in [1.165, 1.54) is 0 Å². The minimum absolute atomic E-state index is 0.234. The number of halogens is 3. The molecule has 6 heteroatoms. The standard InChI is InChI=1S/C9H15F3N2O/c1-5(6-3-4-6)14-7(15)8(2,13)9(10,11)12/h5-6H,3-4,13H2,1-2H3,(H,14,15). The van der Waals surface area contributed by atoms with Crippen LogP contribution >= 0.6 is 0 Å². The van der Waals surface area contributed by atoms with Crippen molar-refractivity contribution >= 4 is 5.91 Å². The summed E-state index contributed by atoms with van der Waals surface area (Å²) in [6, 6.07) is -0.234. The molecule has 0 bridgehead atoms. The topological polar surface area (TPSA) is 55.1 Å². The fourth-order valence-electron chi connectivity index (χ4n) is 1.20. The number of alkyl halides is 3. The SMILES string of the molecule is CC(NC(=O)C(C)(N)C(F)(F)F)C1CC1. The Kier molecular flexibility index (Phi) is 3.00. The monoisotopic (exact) mass is 224 g/mol. The van der Waals surface area contributed by atoms with Crippen LogP contribution in [0.15, 0.2) is 0 Å². The van der Waals surface area contributed by atoms with Crippen LogP contribution in [0, 0.1) is 5.92 Å². The molecule has 0 radical (unpaired) electrons. The Labute approximate surface area is 86.2 Å². The molecule has 0 aromatic carbocycles. The van der Waals surface area contributed by atoms with Crippen LogP contribution in [0.2, 0.25) is 0 Å². The van der Waals surface area contributed by atoms with Gasteiger partial charge in [-0.05, 0) is 32.6 Å². The van der Waals surface area contributed by atoms with E-state index in [-0.39, 0.29) is 6.04 Å². The van der Waals surface area contributed by atoms with Crippen LogP contribution in [0.3, 0.4) is 0 Å². The second-order valence-electron chi connectivity index (χ2n) is 4.30. The lowest BCUT2D eigenvalue weighted by atomic mass is 10.0. The molecule has 3 nitrogen and oxygen atoms in total. The maximum absolute atomic E-state index is 12.4. The predicted octanol–water partition coefficient (Wildman–Crippen LogP) is 1.18. The maximum atomic E-state index is 12.4. The summed E-state index contributed by atoms with van der Waals surface area (Å²) in [4.78, 5) is 11.3. The third-order valence-corrected chi connectivity index (χ3v) is 2.75. The van der Waals surface area contributed by atoms with Crippen LogP contribution in [0.5, 0.6) is 0 Å². The van der Waals surface area contributed by atoms with Gasteiger partial charge in [0.15, 0.2) is 5.54 Å². The Balaban J connectivity index is 2.58. The first kappa shape index (κ1) is 12.3. The third kappa shape index (κ3) is 2.62. The van der Waals surface area contributed by atoms with Gasteiger partial charge < -0.3 is 11.1 Å². The number of hydrogen-bond acceptors (Lipinski definition) is 2. The van der Waals surface area contributed by atoms with Gasteiger partial charge in [0, 0.05) is 6.04 Å². The molecule has 3 N–H and O–H groups in total. The molecular formula is C9H15F3N2O. The average molecular weight is 224 g/mol. The molecule has 0 aliphatic heterocycles. The Morgan fingerprint density at radius 3 is 2.27 bits per heavy atom. The van der Waals surface area contributed by atoms with Crippen molar-refractivity contribution in [3.05, 3.63) is 0 Å². The summed E-state index contributed by atoms with van der Waals surface area (Å²) in [7, 11) is 0. The molecule has 1 fully saturated rings. The predicted molar refractivity (Wildman–Crippen MR) is 49.0 cm³/mol. The minimum Gasteiger partial charge on any atom is -0.351 e. The van der Waals surface area contributed by atoms with E-state index in [1.807, 2.05) is 0 Å². The van der Waals surface area contributed by atoms with E-state index in [0.717, 1.165) is 12.8 Å². The molecule has 0 saturated heterocycles. The Hall–Kier alpha value is -0.780. The van der Waals surface area contributed by atoms with Crippen LogP contribution in [0.25, 0.3) is 0 Å². The highest BCUT2D eigenvalue weighted by Gasteiger charge is 2.54. The number of carbonyl (C=O) groups is 1. The molecule has 1 amide bonds. The Bertz CT molecular complexity index is 259. The van der Waals surface area contributed by atoms with Crippen molar-refractivity contribution in [1.29, 1.82) is 0 Å². The lowest BCUT2D eigenvalue weighted by Crippen LogP contribution is -2.62. The summed E-state index contributed by atoms with van der Waals surface area (Å²) in [6.45, 7) is 2.38. The van der Waals surface area contributed by atoms with Gasteiger partial charge in [-0.15, -0.1) is 0 Å². The number of rotatable bonds is 3. The van der Waals surface area contributed by atoms with Crippen LogP contribution in [-0.4, -0.2) is 23.7 Å². The summed E-state index contributed by atoms with van der Waals surface area (Å²) < 4.78 is 37.1. The van der Waals surface area contributed by atoms with Crippen molar-refractivity contribution < 1.29 is 18.0 Å². The van der Waals surface area contributed by atoms with Gasteiger partial charge in [-0.2, -0.15) is 13.2 Å². The van der Waals surface area contributed by atoms with Gasteiger partial charge in [0.25, 0.3) is 0 Å². The van der Waals surface area contributed by atoms with Crippen molar-refractivity contribution in [1.82, 2.24) is 5.32 Å². The molecular weight excluding hydrogens is 209 g/mol. The maximum Gasteiger partial charge on any atom is 0.415 e. The van der Waals surface area contributed by atoms with E-state index in [4.69, 9.17) is 5.73 Å². The molecule has 0 spiro atoms. The number of nitrogens with one attached hydrogen (secondary N) is 1. The van der Waals surface area contributed by atoms with Crippen LogP contribution in [-0.2, 0) is 4.79 Å². The zero-order valence-corrected chi connectivity index (χ0v) is 8.69. The molecule has 0 aromatic heterocycles. The third-order valence-electron chi connectivity index (χ3n) is 2.75. The van der Waals surface area contributed by atoms with E-state index in [9.17, 15) is 18.0 Å². The zero-order valence-electron chi connectivity index (χ0n) is 8.69. The van der Waals surface area contributed by atoms with Crippen LogP contribution in [0.1, 0.15) is 26.7 Å². The van der Waals surface area contributed by atoms with Gasteiger partial charge in [0.05, 0.1) is 0 Å². The largest absolute Gasteiger partial charge is 0.415 e. The number of carbonyl (C=O) groups excluding carboxylic acids is 1. The number of nitrogens with two attached hydrogens (primary N) is 1. The van der Waals surface area contributed by atoms with E-state index in [1.54, 1.807) is 6.92 Å². The van der Waals surface area contributed by atoms with Crippen molar-refractivity contribution in [2.75, 3.05) is 0 Å². The van der Waals surface area contributed by atoms with E-state index >= 15 is 0 Å². The first-order valence-corrected chi connectivity index (χ1v) is 4.83. The summed E-state index contributed by atoms with van der Waals surface area (Å²) in [6.07, 6.45) is -2.82. The molecule has 1 aliphatic carbocycles. The van der Waals surface area contributed by atoms with Crippen LogP contribution < -0.4 is 11.1 Å². The lowest BCUT2D eigenvalue weighted by molar-refractivity contribution is -0.187. The highest BCUT2D eigenvalue weighted by atomic mass is 19.4. The van der Waals surface area contributed by atoms with E-state index < -0.39 is 17.6 Å². The zero-order chi connectivity index (χ0) is 11.9. The van der Waals surface area contributed by atoms with Gasteiger partial charge in [-0.25, -0.2) is 0 Å². The Morgan fingerprint density at radius 1 is 1.47 bits per heavy atom. The lowest BCUT2D eigenvalue weighted by Gasteiger charge is -2.27. The molecule has 0 aromatic rings. The first-order chi connectivity index (χ1) is 6.66. The summed E-state index contributed by atoms with van der Waals surface area (Å²) in [5.74, 6) is -0.854. The summed E-state index contributed by atoms with van der Waals surface area (Å²) in [5, 5.41) is 2.30. The second kappa shape index (κ2) is 3.66. The molecule has 15 heavy (non-hydrogen) atoms. The second-order valence-corrected chi connectivity index (χ2v) is 4.30. The normalized spacial score (nSPS) is 23.1. The van der Waals surface area contributed by atoms with Crippen molar-refractivity contribution in [2.45, 2.75) is 44.4 Å². The van der Waals surface area contributed by atoms with Crippen LogP contribution in [0.4, 0.5) is 13.2 Å². The fraction of sp³-hybridized carbons (Fsp3) is 0.889. The van der Waals surface area contributed by atoms with Gasteiger partial charge in [0.1, 0.15) is 0 Å². The molecule has 2 unspecified atom stereocenters. The molecule has 1 aliphatic rings. The average Bonchev–Trinajstić information content (AvgIpc) is 2.83. The summed E-state index contributed by atoms with van der Waals surface area (Å²) in [5.41, 5.74) is 2.16. The Morgan fingerprint density at radius 2 is 1.93 bits per heavy atom. The van der Waals surface area contributed by atoms with E-state index in [0.29, 0.717) is 12.8 Å². The van der Waals surface area contributed by atoms with Gasteiger partial charge in [-0.3, -0.25) is 4.79 Å². The highest BCUT2D eigenvalue weighted by molar-refractivity contribution is 5.86. The van der Waals surface area contributed by atoms with Gasteiger partial charge >= 0.3 is 6.18 Å². The van der Waals surface area contributed by atoms with Crippen molar-refractivity contribution in [3.8, 4) is 0 Å². The first-order valence-electron chi connectivity index (χ1n) is 4.83. The molecule has 1 rings (SSSR count). The minimum atomic E-state index is -4.72. The summed E-state index contributed by atoms with van der Waals surface area (Å²) >= 11 is 0. The molecule has 0 heterocycles. The van der Waals surface area contributed by atoms with Gasteiger partial charge in [-0.1, -0.05) is 0 Å². The van der Waals surface area contributed by atoms with Crippen molar-refractivity contribution in [3.63, 3.8) is 0 Å². The highest BCUT2D eigenvalue weighted by Crippen LogP contribution is 2.33. The van der Waals surface area contributed by atoms with Crippen molar-refractivity contribution in [2.24, 2.45) is 11.7 Å². The smallest absolute Gasteiger partial charge is 0.351 e. The fourth-order valence-corrected chi connectivity index (χ4v) is 1.20. The van der Waals surface area contributed by atoms with E-state index in [2.05, 4.69) is 5.32 Å². The number of hydrogen-bond donors (Lipinski definition) is 2. The quantitative estimate of drug-likeness (QED) is 0.756. The van der Waals surface area contributed by atoms with Gasteiger partial charge in [0.2, 0.25) is 5.91 Å². The molecule has 88 valence electrons. The molecule has 1 saturated carbocycles. The molecule has 2 atom stereocenters. The number of amides is 1.